The Balaban J connectivity index is 2.89. The number of hydrogen-bond acceptors (Lipinski definition) is 2. The van der Waals surface area contributed by atoms with E-state index in [0.717, 1.165) is 5.56 Å². The zero-order valence-corrected chi connectivity index (χ0v) is 13.0. The van der Waals surface area contributed by atoms with E-state index in [2.05, 4.69) is 0 Å². The fraction of sp³-hybridized carbons (Fsp3) is 0.500. The summed E-state index contributed by atoms with van der Waals surface area (Å²) in [6.07, 6.45) is -0.381. The lowest BCUT2D eigenvalue weighted by molar-refractivity contribution is 0.0772. The molecular formula is C16H24N2O3. The number of nitrogens with zero attached hydrogens (tertiary/aromatic N) is 2. The predicted molar refractivity (Wildman–Crippen MR) is 82.7 cm³/mol. The van der Waals surface area contributed by atoms with Gasteiger partial charge in [0, 0.05) is 31.7 Å². The molecule has 2 amide bonds. The number of rotatable bonds is 7. The van der Waals surface area contributed by atoms with Crippen molar-refractivity contribution in [2.45, 2.75) is 27.2 Å². The van der Waals surface area contributed by atoms with Gasteiger partial charge in [-0.05, 0) is 38.8 Å². The molecule has 1 aromatic carbocycles. The van der Waals surface area contributed by atoms with Crippen LogP contribution in [0.25, 0.3) is 0 Å². The van der Waals surface area contributed by atoms with E-state index in [1.165, 1.54) is 4.90 Å². The summed E-state index contributed by atoms with van der Waals surface area (Å²) in [7, 11) is 0. The van der Waals surface area contributed by atoms with Crippen LogP contribution in [-0.4, -0.2) is 53.1 Å². The highest BCUT2D eigenvalue weighted by Crippen LogP contribution is 2.13. The molecule has 5 heteroatoms. The highest BCUT2D eigenvalue weighted by atomic mass is 16.4. The van der Waals surface area contributed by atoms with Gasteiger partial charge in [0.05, 0.1) is 0 Å². The van der Waals surface area contributed by atoms with Gasteiger partial charge in [0.1, 0.15) is 0 Å². The first kappa shape index (κ1) is 17.0. The molecule has 0 unspecified atom stereocenters. The van der Waals surface area contributed by atoms with Crippen molar-refractivity contribution < 1.29 is 14.7 Å². The third kappa shape index (κ3) is 4.48. The Kier molecular flexibility index (Phi) is 6.72. The SMILES string of the molecule is CCN(CCc1ccccc1C(=O)N(CC)CC)C(=O)O. The second kappa shape index (κ2) is 8.29. The van der Waals surface area contributed by atoms with Gasteiger partial charge in [0.25, 0.3) is 5.91 Å². The van der Waals surface area contributed by atoms with Crippen molar-refractivity contribution in [1.82, 2.24) is 9.80 Å². The quantitative estimate of drug-likeness (QED) is 0.840. The van der Waals surface area contributed by atoms with Crippen molar-refractivity contribution >= 4 is 12.0 Å². The molecule has 0 aliphatic heterocycles. The molecule has 116 valence electrons. The van der Waals surface area contributed by atoms with Crippen LogP contribution >= 0.6 is 0 Å². The number of amides is 2. The van der Waals surface area contributed by atoms with Crippen LogP contribution in [0.2, 0.25) is 0 Å². The van der Waals surface area contributed by atoms with Crippen molar-refractivity contribution in [2.24, 2.45) is 0 Å². The molecule has 5 nitrogen and oxygen atoms in total. The van der Waals surface area contributed by atoms with Gasteiger partial charge in [-0.15, -0.1) is 0 Å². The molecule has 1 N–H and O–H groups in total. The largest absolute Gasteiger partial charge is 0.465 e. The van der Waals surface area contributed by atoms with Crippen LogP contribution in [0.5, 0.6) is 0 Å². The van der Waals surface area contributed by atoms with Crippen LogP contribution in [-0.2, 0) is 6.42 Å². The lowest BCUT2D eigenvalue weighted by Crippen LogP contribution is -2.33. The Morgan fingerprint density at radius 2 is 1.57 bits per heavy atom. The van der Waals surface area contributed by atoms with Crippen LogP contribution in [0.15, 0.2) is 24.3 Å². The maximum absolute atomic E-state index is 12.5. The normalized spacial score (nSPS) is 10.2. The molecule has 0 fully saturated rings. The second-order valence-electron chi connectivity index (χ2n) is 4.75. The fourth-order valence-electron chi connectivity index (χ4n) is 2.27. The van der Waals surface area contributed by atoms with Gasteiger partial charge in [-0.2, -0.15) is 0 Å². The van der Waals surface area contributed by atoms with Gasteiger partial charge in [-0.1, -0.05) is 18.2 Å². The van der Waals surface area contributed by atoms with Gasteiger partial charge >= 0.3 is 6.09 Å². The van der Waals surface area contributed by atoms with Gasteiger partial charge in [0.15, 0.2) is 0 Å². The summed E-state index contributed by atoms with van der Waals surface area (Å²) in [5.74, 6) is 0.00831. The van der Waals surface area contributed by atoms with Crippen LogP contribution in [0.4, 0.5) is 4.79 Å². The zero-order chi connectivity index (χ0) is 15.8. The minimum atomic E-state index is -0.926. The van der Waals surface area contributed by atoms with Gasteiger partial charge in [-0.3, -0.25) is 4.79 Å². The van der Waals surface area contributed by atoms with E-state index in [0.29, 0.717) is 38.2 Å². The topological polar surface area (TPSA) is 60.9 Å². The Hall–Kier alpha value is -2.04. The average molecular weight is 292 g/mol. The summed E-state index contributed by atoms with van der Waals surface area (Å²) >= 11 is 0. The standard InChI is InChI=1S/C16H24N2O3/c1-4-17(5-2)15(19)14-10-8-7-9-13(14)11-12-18(6-3)16(20)21/h7-10H,4-6,11-12H2,1-3H3,(H,20,21). The molecule has 0 aromatic heterocycles. The highest BCUT2D eigenvalue weighted by Gasteiger charge is 2.17. The van der Waals surface area contributed by atoms with E-state index in [4.69, 9.17) is 5.11 Å². The molecule has 21 heavy (non-hydrogen) atoms. The Morgan fingerprint density at radius 3 is 2.10 bits per heavy atom. The smallest absolute Gasteiger partial charge is 0.407 e. The van der Waals surface area contributed by atoms with Gasteiger partial charge in [0.2, 0.25) is 0 Å². The van der Waals surface area contributed by atoms with Crippen molar-refractivity contribution in [1.29, 1.82) is 0 Å². The monoisotopic (exact) mass is 292 g/mol. The number of carbonyl (C=O) groups is 2. The predicted octanol–water partition coefficient (Wildman–Crippen LogP) is 2.71. The molecule has 0 atom stereocenters. The summed E-state index contributed by atoms with van der Waals surface area (Å²) in [6.45, 7) is 7.89. The molecule has 0 heterocycles. The lowest BCUT2D eigenvalue weighted by Gasteiger charge is -2.21. The third-order valence-electron chi connectivity index (χ3n) is 3.60. The minimum absolute atomic E-state index is 0.00831. The van der Waals surface area contributed by atoms with Crippen molar-refractivity contribution in [2.75, 3.05) is 26.2 Å². The molecule has 0 bridgehead atoms. The van der Waals surface area contributed by atoms with Crippen molar-refractivity contribution in [3.05, 3.63) is 35.4 Å². The summed E-state index contributed by atoms with van der Waals surface area (Å²) in [5.41, 5.74) is 1.57. The number of likely N-dealkylation sites (N-methyl/N-ethyl adjacent to an activating group) is 1. The number of carboxylic acid groups (broad SMARTS) is 1. The molecule has 0 saturated heterocycles. The summed E-state index contributed by atoms with van der Waals surface area (Å²) < 4.78 is 0. The van der Waals surface area contributed by atoms with Gasteiger partial charge < -0.3 is 14.9 Å². The first-order chi connectivity index (χ1) is 10.0. The molecular weight excluding hydrogens is 268 g/mol. The first-order valence-electron chi connectivity index (χ1n) is 7.40. The lowest BCUT2D eigenvalue weighted by atomic mass is 10.0. The molecule has 0 radical (unpaired) electrons. The molecule has 0 saturated carbocycles. The Morgan fingerprint density at radius 1 is 1.00 bits per heavy atom. The maximum atomic E-state index is 12.5. The van der Waals surface area contributed by atoms with E-state index in [-0.39, 0.29) is 5.91 Å². The molecule has 1 aromatic rings. The van der Waals surface area contributed by atoms with E-state index in [1.54, 1.807) is 11.8 Å². The number of benzene rings is 1. The van der Waals surface area contributed by atoms with Crippen LogP contribution in [0, 0.1) is 0 Å². The highest BCUT2D eigenvalue weighted by molar-refractivity contribution is 5.95. The second-order valence-corrected chi connectivity index (χ2v) is 4.75. The van der Waals surface area contributed by atoms with Gasteiger partial charge in [-0.25, -0.2) is 4.79 Å². The van der Waals surface area contributed by atoms with E-state index in [9.17, 15) is 9.59 Å². The van der Waals surface area contributed by atoms with Crippen LogP contribution in [0.1, 0.15) is 36.7 Å². The molecule has 1 rings (SSSR count). The number of carbonyl (C=O) groups excluding carboxylic acids is 1. The Labute approximate surface area is 126 Å². The molecule has 0 aliphatic carbocycles. The summed E-state index contributed by atoms with van der Waals surface area (Å²) in [6, 6.07) is 7.43. The minimum Gasteiger partial charge on any atom is -0.465 e. The average Bonchev–Trinajstić information content (AvgIpc) is 2.49. The van der Waals surface area contributed by atoms with Crippen LogP contribution < -0.4 is 0 Å². The van der Waals surface area contributed by atoms with E-state index < -0.39 is 6.09 Å². The third-order valence-corrected chi connectivity index (χ3v) is 3.60. The van der Waals surface area contributed by atoms with Crippen LogP contribution in [0.3, 0.4) is 0 Å². The van der Waals surface area contributed by atoms with Crippen molar-refractivity contribution in [3.8, 4) is 0 Å². The summed E-state index contributed by atoms with van der Waals surface area (Å²) in [5, 5.41) is 9.04. The van der Waals surface area contributed by atoms with E-state index in [1.807, 2.05) is 38.1 Å². The summed E-state index contributed by atoms with van der Waals surface area (Å²) in [4.78, 5) is 26.6. The first-order valence-corrected chi connectivity index (χ1v) is 7.40. The number of hydrogen-bond donors (Lipinski definition) is 1. The van der Waals surface area contributed by atoms with E-state index >= 15 is 0 Å². The zero-order valence-electron chi connectivity index (χ0n) is 13.0. The Bertz CT molecular complexity index is 484. The maximum Gasteiger partial charge on any atom is 0.407 e. The fourth-order valence-corrected chi connectivity index (χ4v) is 2.27. The van der Waals surface area contributed by atoms with Crippen molar-refractivity contribution in [3.63, 3.8) is 0 Å². The molecule has 0 aliphatic rings. The molecule has 0 spiro atoms.